The Morgan fingerprint density at radius 2 is 1.26 bits per heavy atom. The highest BCUT2D eigenvalue weighted by atomic mass is 16.4. The number of carboxylic acid groups (broad SMARTS) is 1. The zero-order valence-electron chi connectivity index (χ0n) is 13.0. The molecule has 10 nitrogen and oxygen atoms in total. The van der Waals surface area contributed by atoms with Crippen LogP contribution in [0.5, 0.6) is 0 Å². The Morgan fingerprint density at radius 1 is 0.783 bits per heavy atom. The number of carboxylic acids is 1. The Labute approximate surface area is 134 Å². The molecule has 0 spiro atoms. The van der Waals surface area contributed by atoms with Gasteiger partial charge in [-0.05, 0) is 12.8 Å². The molecule has 0 atom stereocenters. The number of anilines is 3. The van der Waals surface area contributed by atoms with Crippen molar-refractivity contribution in [3.05, 3.63) is 0 Å². The summed E-state index contributed by atoms with van der Waals surface area (Å²) in [6.07, 6.45) is 2.42. The average Bonchev–Trinajstić information content (AvgIpc) is 2.54. The Kier molecular flexibility index (Phi) is 9.32. The number of aromatic nitrogens is 3. The normalized spacial score (nSPS) is 10.3. The van der Waals surface area contributed by atoms with Crippen molar-refractivity contribution < 1.29 is 20.1 Å². The van der Waals surface area contributed by atoms with Crippen molar-refractivity contribution in [3.8, 4) is 0 Å². The smallest absolute Gasteiger partial charge is 0.303 e. The van der Waals surface area contributed by atoms with Gasteiger partial charge in [-0.1, -0.05) is 6.42 Å². The van der Waals surface area contributed by atoms with Crippen LogP contribution in [-0.2, 0) is 4.79 Å². The number of hydrogen-bond donors (Lipinski definition) is 6. The van der Waals surface area contributed by atoms with E-state index in [2.05, 4.69) is 30.9 Å². The van der Waals surface area contributed by atoms with Crippen LogP contribution >= 0.6 is 0 Å². The lowest BCUT2D eigenvalue weighted by molar-refractivity contribution is -0.137. The Balaban J connectivity index is 2.48. The molecule has 0 amide bonds. The number of carbonyl (C=O) groups is 1. The van der Waals surface area contributed by atoms with Gasteiger partial charge in [0.2, 0.25) is 17.8 Å². The second kappa shape index (κ2) is 11.4. The number of aliphatic hydroxyl groups excluding tert-OH is 2. The molecule has 1 aromatic rings. The molecular weight excluding hydrogens is 304 g/mol. The van der Waals surface area contributed by atoms with Crippen molar-refractivity contribution in [2.45, 2.75) is 25.7 Å². The second-order valence-corrected chi connectivity index (χ2v) is 4.74. The van der Waals surface area contributed by atoms with Gasteiger partial charge in [0.25, 0.3) is 0 Å². The number of unbranched alkanes of at least 4 members (excludes halogenated alkanes) is 2. The van der Waals surface area contributed by atoms with Gasteiger partial charge in [0.15, 0.2) is 0 Å². The molecule has 1 rings (SSSR count). The summed E-state index contributed by atoms with van der Waals surface area (Å²) in [5.41, 5.74) is 0. The molecule has 130 valence electrons. The number of aliphatic hydroxyl groups is 2. The maximum absolute atomic E-state index is 10.4. The summed E-state index contributed by atoms with van der Waals surface area (Å²) < 4.78 is 0. The molecule has 6 N–H and O–H groups in total. The van der Waals surface area contributed by atoms with Gasteiger partial charge in [-0.3, -0.25) is 4.79 Å². The molecule has 0 aliphatic rings. The van der Waals surface area contributed by atoms with E-state index in [1.165, 1.54) is 0 Å². The zero-order valence-corrected chi connectivity index (χ0v) is 13.0. The highest BCUT2D eigenvalue weighted by Crippen LogP contribution is 2.09. The number of hydrogen-bond acceptors (Lipinski definition) is 9. The van der Waals surface area contributed by atoms with Gasteiger partial charge in [0.05, 0.1) is 13.2 Å². The summed E-state index contributed by atoms with van der Waals surface area (Å²) in [7, 11) is 0. The predicted molar refractivity (Wildman–Crippen MR) is 85.6 cm³/mol. The van der Waals surface area contributed by atoms with Crippen LogP contribution in [0.25, 0.3) is 0 Å². The molecule has 23 heavy (non-hydrogen) atoms. The molecular formula is C13H24N6O4. The molecule has 0 saturated heterocycles. The fourth-order valence-corrected chi connectivity index (χ4v) is 1.73. The summed E-state index contributed by atoms with van der Waals surface area (Å²) in [4.78, 5) is 22.9. The maximum Gasteiger partial charge on any atom is 0.303 e. The summed E-state index contributed by atoms with van der Waals surface area (Å²) in [6.45, 7) is 1.16. The third-order valence-electron chi connectivity index (χ3n) is 2.78. The van der Waals surface area contributed by atoms with Crippen LogP contribution in [0.3, 0.4) is 0 Å². The molecule has 0 aliphatic heterocycles. The van der Waals surface area contributed by atoms with Crippen LogP contribution in [0.4, 0.5) is 17.8 Å². The minimum Gasteiger partial charge on any atom is -0.481 e. The highest BCUT2D eigenvalue weighted by molar-refractivity contribution is 5.66. The van der Waals surface area contributed by atoms with E-state index in [0.717, 1.165) is 12.8 Å². The Hall–Kier alpha value is -2.20. The van der Waals surface area contributed by atoms with Gasteiger partial charge in [-0.15, -0.1) is 0 Å². The number of nitrogens with zero attached hydrogens (tertiary/aromatic N) is 3. The molecule has 1 heterocycles. The van der Waals surface area contributed by atoms with Gasteiger partial charge >= 0.3 is 5.97 Å². The molecule has 0 radical (unpaired) electrons. The minimum absolute atomic E-state index is 0.0442. The lowest BCUT2D eigenvalue weighted by Gasteiger charge is -2.10. The van der Waals surface area contributed by atoms with Gasteiger partial charge < -0.3 is 31.3 Å². The van der Waals surface area contributed by atoms with Crippen LogP contribution in [0.1, 0.15) is 25.7 Å². The second-order valence-electron chi connectivity index (χ2n) is 4.74. The van der Waals surface area contributed by atoms with Crippen molar-refractivity contribution in [1.29, 1.82) is 0 Å². The third kappa shape index (κ3) is 8.73. The summed E-state index contributed by atoms with van der Waals surface area (Å²) >= 11 is 0. The van der Waals surface area contributed by atoms with E-state index in [9.17, 15) is 4.79 Å². The molecule has 0 aromatic carbocycles. The van der Waals surface area contributed by atoms with Crippen LogP contribution < -0.4 is 16.0 Å². The van der Waals surface area contributed by atoms with Crippen molar-refractivity contribution >= 4 is 23.8 Å². The van der Waals surface area contributed by atoms with E-state index in [1.807, 2.05) is 0 Å². The van der Waals surface area contributed by atoms with Gasteiger partial charge in [-0.2, -0.15) is 15.0 Å². The topological polar surface area (TPSA) is 153 Å². The molecule has 1 aromatic heterocycles. The summed E-state index contributed by atoms with van der Waals surface area (Å²) in [6, 6.07) is 0. The molecule has 0 saturated carbocycles. The first-order chi connectivity index (χ1) is 11.2. The van der Waals surface area contributed by atoms with Crippen molar-refractivity contribution in [2.24, 2.45) is 0 Å². The van der Waals surface area contributed by atoms with E-state index >= 15 is 0 Å². The molecule has 0 bridgehead atoms. The highest BCUT2D eigenvalue weighted by Gasteiger charge is 2.06. The minimum atomic E-state index is -0.783. The van der Waals surface area contributed by atoms with Crippen molar-refractivity contribution in [2.75, 3.05) is 48.8 Å². The van der Waals surface area contributed by atoms with Crippen LogP contribution in [0.2, 0.25) is 0 Å². The lowest BCUT2D eigenvalue weighted by atomic mass is 10.2. The van der Waals surface area contributed by atoms with Gasteiger partial charge in [0, 0.05) is 26.1 Å². The van der Waals surface area contributed by atoms with Crippen LogP contribution in [-0.4, -0.2) is 69.1 Å². The number of rotatable bonds is 13. The molecule has 0 fully saturated rings. The van der Waals surface area contributed by atoms with E-state index < -0.39 is 5.97 Å². The van der Waals surface area contributed by atoms with Crippen molar-refractivity contribution in [3.63, 3.8) is 0 Å². The van der Waals surface area contributed by atoms with Crippen LogP contribution in [0, 0.1) is 0 Å². The zero-order chi connectivity index (χ0) is 16.9. The first kappa shape index (κ1) is 18.8. The number of aliphatic carboxylic acids is 1. The molecule has 10 heteroatoms. The first-order valence-electron chi connectivity index (χ1n) is 7.57. The monoisotopic (exact) mass is 328 g/mol. The predicted octanol–water partition coefficient (Wildman–Crippen LogP) is -0.263. The lowest BCUT2D eigenvalue weighted by Crippen LogP contribution is -2.16. The fraction of sp³-hybridized carbons (Fsp3) is 0.692. The largest absolute Gasteiger partial charge is 0.481 e. The Bertz CT molecular complexity index is 448. The van der Waals surface area contributed by atoms with E-state index in [-0.39, 0.29) is 19.6 Å². The van der Waals surface area contributed by atoms with Gasteiger partial charge in [-0.25, -0.2) is 0 Å². The Morgan fingerprint density at radius 3 is 1.70 bits per heavy atom. The fourth-order valence-electron chi connectivity index (χ4n) is 1.73. The quantitative estimate of drug-likeness (QED) is 0.267. The van der Waals surface area contributed by atoms with E-state index in [0.29, 0.717) is 43.9 Å². The molecule has 0 aliphatic carbocycles. The third-order valence-corrected chi connectivity index (χ3v) is 2.78. The first-order valence-corrected chi connectivity index (χ1v) is 7.57. The standard InChI is InChI=1S/C13H24N6O4/c20-8-6-15-12-17-11(18-13(19-12)16-7-9-21)14-5-3-1-2-4-10(22)23/h20-21H,1-9H2,(H,22,23)(H3,14,15,16,17,18,19). The van der Waals surface area contributed by atoms with Crippen LogP contribution in [0.15, 0.2) is 0 Å². The van der Waals surface area contributed by atoms with Gasteiger partial charge in [0.1, 0.15) is 0 Å². The van der Waals surface area contributed by atoms with E-state index in [1.54, 1.807) is 0 Å². The maximum atomic E-state index is 10.4. The van der Waals surface area contributed by atoms with Crippen molar-refractivity contribution in [1.82, 2.24) is 15.0 Å². The average molecular weight is 328 g/mol. The molecule has 0 unspecified atom stereocenters. The summed E-state index contributed by atoms with van der Waals surface area (Å²) in [5.74, 6) is 0.236. The van der Waals surface area contributed by atoms with E-state index in [4.69, 9.17) is 15.3 Å². The SMILES string of the molecule is O=C(O)CCCCCNc1nc(NCCO)nc(NCCO)n1. The summed E-state index contributed by atoms with van der Waals surface area (Å²) in [5, 5.41) is 35.0. The number of nitrogens with one attached hydrogen (secondary N) is 3.